The fourth-order valence-corrected chi connectivity index (χ4v) is 5.83. The molecule has 0 bridgehead atoms. The molecule has 0 aromatic heterocycles. The summed E-state index contributed by atoms with van der Waals surface area (Å²) in [5.74, 6) is -1.01. The summed E-state index contributed by atoms with van der Waals surface area (Å²) in [4.78, 5) is 27.1. The van der Waals surface area contributed by atoms with Gasteiger partial charge in [-0.05, 0) is 61.4 Å². The smallest absolute Gasteiger partial charge is 0.252 e. The van der Waals surface area contributed by atoms with E-state index in [1.165, 1.54) is 24.3 Å². The quantitative estimate of drug-likeness (QED) is 0.536. The van der Waals surface area contributed by atoms with Gasteiger partial charge >= 0.3 is 0 Å². The Labute approximate surface area is 194 Å². The van der Waals surface area contributed by atoms with E-state index >= 15 is 0 Å². The lowest BCUT2D eigenvalue weighted by molar-refractivity contribution is -0.122. The number of amides is 2. The fourth-order valence-electron chi connectivity index (χ4n) is 3.83. The van der Waals surface area contributed by atoms with E-state index in [4.69, 9.17) is 16.3 Å². The summed E-state index contributed by atoms with van der Waals surface area (Å²) in [5, 5.41) is 0.401. The van der Waals surface area contributed by atoms with Crippen LogP contribution in [0.5, 0.6) is 0 Å². The lowest BCUT2D eigenvalue weighted by Gasteiger charge is -2.29. The van der Waals surface area contributed by atoms with Crippen LogP contribution >= 0.6 is 27.5 Å². The topological polar surface area (TPSA) is 84.0 Å². The molecule has 2 atom stereocenters. The van der Waals surface area contributed by atoms with E-state index in [0.717, 1.165) is 20.1 Å². The van der Waals surface area contributed by atoms with E-state index in [9.17, 15) is 18.0 Å². The summed E-state index contributed by atoms with van der Waals surface area (Å²) >= 11 is 9.24. The highest BCUT2D eigenvalue weighted by atomic mass is 79.9. The first kappa shape index (κ1) is 22.4. The van der Waals surface area contributed by atoms with Crippen LogP contribution in [0.2, 0.25) is 5.02 Å². The van der Waals surface area contributed by atoms with Crippen molar-refractivity contribution in [2.45, 2.75) is 36.3 Å². The van der Waals surface area contributed by atoms with Gasteiger partial charge in [0.15, 0.2) is 0 Å². The average molecular weight is 528 g/mol. The summed E-state index contributed by atoms with van der Waals surface area (Å²) in [7, 11) is -4.07. The van der Waals surface area contributed by atoms with E-state index in [1.54, 1.807) is 24.3 Å². The Hall–Kier alpha value is -1.78. The number of hydrogen-bond acceptors (Lipinski definition) is 5. The minimum atomic E-state index is -4.07. The Bertz CT molecular complexity index is 1090. The number of benzene rings is 2. The van der Waals surface area contributed by atoms with Gasteiger partial charge in [0.05, 0.1) is 23.1 Å². The summed E-state index contributed by atoms with van der Waals surface area (Å²) in [6.45, 7) is 0.547. The van der Waals surface area contributed by atoms with Crippen LogP contribution in [0.3, 0.4) is 0 Å². The summed E-state index contributed by atoms with van der Waals surface area (Å²) in [5.41, 5.74) is 0.404. The first-order valence-electron chi connectivity index (χ1n) is 9.79. The van der Waals surface area contributed by atoms with Gasteiger partial charge in [-0.3, -0.25) is 9.59 Å². The van der Waals surface area contributed by atoms with Gasteiger partial charge in [-0.1, -0.05) is 27.5 Å². The van der Waals surface area contributed by atoms with E-state index in [1.807, 2.05) is 0 Å². The fraction of sp³-hybridized carbons (Fsp3) is 0.333. The van der Waals surface area contributed by atoms with Crippen LogP contribution in [0.4, 0.5) is 5.69 Å². The Morgan fingerprint density at radius 2 is 1.77 bits per heavy atom. The second-order valence-corrected chi connectivity index (χ2v) is 10.7. The number of carbonyl (C=O) groups is 2. The standard InChI is InChI=1S/C21H20BrClN2O5S/c22-14-3-7-16(8-4-14)25-20(26)12-19(21(25)27)24(13-17-2-1-11-30-17)31(28,29)18-9-5-15(23)6-10-18/h3-10,17,19H,1-2,11-13H2. The molecule has 2 unspecified atom stereocenters. The SMILES string of the molecule is O=C1CC(N(CC2CCCO2)S(=O)(=O)c2ccc(Cl)cc2)C(=O)N1c1ccc(Br)cc1. The Morgan fingerprint density at radius 1 is 1.10 bits per heavy atom. The number of anilines is 1. The highest BCUT2D eigenvalue weighted by molar-refractivity contribution is 9.10. The van der Waals surface area contributed by atoms with Gasteiger partial charge in [0.1, 0.15) is 6.04 Å². The molecule has 2 fully saturated rings. The summed E-state index contributed by atoms with van der Waals surface area (Å²) in [6, 6.07) is 11.3. The van der Waals surface area contributed by atoms with Gasteiger partial charge in [0.2, 0.25) is 15.9 Å². The highest BCUT2D eigenvalue weighted by Gasteiger charge is 2.47. The Morgan fingerprint density at radius 3 is 2.39 bits per heavy atom. The van der Waals surface area contributed by atoms with Crippen molar-refractivity contribution < 1.29 is 22.7 Å². The average Bonchev–Trinajstić information content (AvgIpc) is 3.35. The van der Waals surface area contributed by atoms with Crippen LogP contribution in [-0.2, 0) is 24.3 Å². The lowest BCUT2D eigenvalue weighted by Crippen LogP contribution is -2.48. The van der Waals surface area contributed by atoms with Crippen LogP contribution in [0.1, 0.15) is 19.3 Å². The maximum absolute atomic E-state index is 13.5. The number of ether oxygens (including phenoxy) is 1. The number of nitrogens with zero attached hydrogens (tertiary/aromatic N) is 2. The molecule has 7 nitrogen and oxygen atoms in total. The molecule has 0 radical (unpaired) electrons. The lowest BCUT2D eigenvalue weighted by atomic mass is 10.2. The number of carbonyl (C=O) groups excluding carboxylic acids is 2. The third-order valence-electron chi connectivity index (χ3n) is 5.38. The van der Waals surface area contributed by atoms with Gasteiger partial charge in [0, 0.05) is 22.6 Å². The third kappa shape index (κ3) is 4.56. The number of rotatable bonds is 6. The van der Waals surface area contributed by atoms with E-state index in [-0.39, 0.29) is 24.0 Å². The first-order valence-corrected chi connectivity index (χ1v) is 12.4. The van der Waals surface area contributed by atoms with Crippen LogP contribution < -0.4 is 4.90 Å². The van der Waals surface area contributed by atoms with E-state index in [2.05, 4.69) is 15.9 Å². The minimum Gasteiger partial charge on any atom is -0.377 e. The second-order valence-electron chi connectivity index (χ2n) is 7.43. The minimum absolute atomic E-state index is 0.00280. The molecule has 2 saturated heterocycles. The molecule has 2 aliphatic heterocycles. The number of halogens is 2. The van der Waals surface area contributed by atoms with Crippen LogP contribution in [0.15, 0.2) is 57.9 Å². The molecule has 164 valence electrons. The highest BCUT2D eigenvalue weighted by Crippen LogP contribution is 2.31. The third-order valence-corrected chi connectivity index (χ3v) is 8.05. The van der Waals surface area contributed by atoms with Crippen molar-refractivity contribution >= 4 is 55.1 Å². The number of hydrogen-bond donors (Lipinski definition) is 0. The molecule has 2 aromatic rings. The van der Waals surface area contributed by atoms with Crippen LogP contribution in [-0.4, -0.2) is 49.8 Å². The van der Waals surface area contributed by atoms with Crippen LogP contribution in [0.25, 0.3) is 0 Å². The van der Waals surface area contributed by atoms with Crippen molar-refractivity contribution in [2.24, 2.45) is 0 Å². The molecular formula is C21H20BrClN2O5S. The predicted molar refractivity (Wildman–Crippen MR) is 119 cm³/mol. The number of sulfonamides is 1. The Balaban J connectivity index is 1.69. The zero-order valence-electron chi connectivity index (χ0n) is 16.4. The van der Waals surface area contributed by atoms with Gasteiger partial charge < -0.3 is 4.74 Å². The maximum Gasteiger partial charge on any atom is 0.252 e. The van der Waals surface area contributed by atoms with Crippen molar-refractivity contribution in [3.05, 3.63) is 58.0 Å². The molecule has 10 heteroatoms. The van der Waals surface area contributed by atoms with Gasteiger partial charge in [-0.15, -0.1) is 0 Å². The molecule has 4 rings (SSSR count). The second kappa shape index (κ2) is 8.99. The van der Waals surface area contributed by atoms with Crippen molar-refractivity contribution in [3.8, 4) is 0 Å². The largest absolute Gasteiger partial charge is 0.377 e. The molecule has 2 aromatic carbocycles. The number of imide groups is 1. The molecule has 2 aliphatic rings. The molecule has 0 spiro atoms. The van der Waals surface area contributed by atoms with Gasteiger partial charge in [-0.2, -0.15) is 4.31 Å². The predicted octanol–water partition coefficient (Wildman–Crippen LogP) is 3.60. The molecule has 0 saturated carbocycles. The molecular weight excluding hydrogens is 508 g/mol. The van der Waals surface area contributed by atoms with Crippen molar-refractivity contribution in [2.75, 3.05) is 18.1 Å². The summed E-state index contributed by atoms with van der Waals surface area (Å²) in [6.07, 6.45) is 0.959. The molecule has 2 amide bonds. The van der Waals surface area contributed by atoms with E-state index < -0.39 is 27.9 Å². The molecule has 31 heavy (non-hydrogen) atoms. The first-order chi connectivity index (χ1) is 14.8. The van der Waals surface area contributed by atoms with Crippen molar-refractivity contribution in [3.63, 3.8) is 0 Å². The molecule has 0 aliphatic carbocycles. The Kier molecular flexibility index (Phi) is 6.50. The monoisotopic (exact) mass is 526 g/mol. The maximum atomic E-state index is 13.5. The van der Waals surface area contributed by atoms with Crippen molar-refractivity contribution in [1.82, 2.24) is 4.31 Å². The van der Waals surface area contributed by atoms with Crippen LogP contribution in [0, 0.1) is 0 Å². The van der Waals surface area contributed by atoms with Crippen molar-refractivity contribution in [1.29, 1.82) is 0 Å². The zero-order chi connectivity index (χ0) is 22.2. The zero-order valence-corrected chi connectivity index (χ0v) is 19.6. The van der Waals surface area contributed by atoms with E-state index in [0.29, 0.717) is 23.7 Å². The summed E-state index contributed by atoms with van der Waals surface area (Å²) < 4.78 is 34.6. The normalized spacial score (nSPS) is 22.0. The van der Waals surface area contributed by atoms with Gasteiger partial charge in [0.25, 0.3) is 5.91 Å². The molecule has 2 heterocycles. The molecule has 0 N–H and O–H groups in total. The van der Waals surface area contributed by atoms with Gasteiger partial charge in [-0.25, -0.2) is 13.3 Å².